The third-order valence-electron chi connectivity index (χ3n) is 4.69. The topological polar surface area (TPSA) is 115 Å². The van der Waals surface area contributed by atoms with E-state index in [1.54, 1.807) is 11.0 Å². The molecule has 1 aliphatic heterocycles. The van der Waals surface area contributed by atoms with Gasteiger partial charge in [-0.05, 0) is 18.2 Å². The third kappa shape index (κ3) is 4.05. The molecule has 10 nitrogen and oxygen atoms in total. The van der Waals surface area contributed by atoms with Gasteiger partial charge in [0, 0.05) is 31.3 Å². The number of nitrogens with zero attached hydrogens (tertiary/aromatic N) is 6. The molecule has 29 heavy (non-hydrogen) atoms. The first-order valence-electron chi connectivity index (χ1n) is 9.18. The first-order chi connectivity index (χ1) is 14.1. The number of rotatable bonds is 6. The molecule has 0 radical (unpaired) electrons. The molecule has 1 fully saturated rings. The summed E-state index contributed by atoms with van der Waals surface area (Å²) < 4.78 is 2.70. The summed E-state index contributed by atoms with van der Waals surface area (Å²) >= 11 is 0. The zero-order valence-electron chi connectivity index (χ0n) is 15.5. The van der Waals surface area contributed by atoms with Crippen LogP contribution in [0.25, 0.3) is 5.82 Å². The van der Waals surface area contributed by atoms with Crippen LogP contribution in [0.4, 0.5) is 5.69 Å². The highest BCUT2D eigenvalue weighted by atomic mass is 16.2. The smallest absolute Gasteiger partial charge is 0.266 e. The third-order valence-corrected chi connectivity index (χ3v) is 4.69. The normalized spacial score (nSPS) is 16.2. The van der Waals surface area contributed by atoms with Crippen molar-refractivity contribution < 1.29 is 9.59 Å². The van der Waals surface area contributed by atoms with E-state index in [-0.39, 0.29) is 36.9 Å². The van der Waals surface area contributed by atoms with Crippen LogP contribution in [-0.2, 0) is 16.1 Å². The number of para-hydroxylation sites is 1. The van der Waals surface area contributed by atoms with Gasteiger partial charge in [-0.2, -0.15) is 5.10 Å². The maximum atomic E-state index is 12.5. The van der Waals surface area contributed by atoms with Gasteiger partial charge in [-0.1, -0.05) is 18.2 Å². The monoisotopic (exact) mass is 393 g/mol. The Kier molecular flexibility index (Phi) is 5.14. The summed E-state index contributed by atoms with van der Waals surface area (Å²) in [6.07, 6.45) is 3.02. The molecular weight excluding hydrogens is 374 g/mol. The predicted octanol–water partition coefficient (Wildman–Crippen LogP) is -0.00670. The fourth-order valence-corrected chi connectivity index (χ4v) is 3.22. The van der Waals surface area contributed by atoms with Crippen molar-refractivity contribution in [3.63, 3.8) is 0 Å². The highest BCUT2D eigenvalue weighted by Crippen LogP contribution is 2.24. The zero-order valence-corrected chi connectivity index (χ0v) is 15.5. The lowest BCUT2D eigenvalue weighted by atomic mass is 10.1. The lowest BCUT2D eigenvalue weighted by Gasteiger charge is -2.16. The van der Waals surface area contributed by atoms with Crippen molar-refractivity contribution in [1.29, 1.82) is 0 Å². The van der Waals surface area contributed by atoms with E-state index in [2.05, 4.69) is 20.5 Å². The number of carbonyl (C=O) groups is 2. The summed E-state index contributed by atoms with van der Waals surface area (Å²) in [5, 5.41) is 11.0. The Labute approximate surface area is 165 Å². The van der Waals surface area contributed by atoms with E-state index >= 15 is 0 Å². The van der Waals surface area contributed by atoms with Gasteiger partial charge in [0.1, 0.15) is 12.7 Å². The van der Waals surface area contributed by atoms with Crippen LogP contribution in [0.5, 0.6) is 0 Å². The largest absolute Gasteiger partial charge is 0.354 e. The van der Waals surface area contributed by atoms with Gasteiger partial charge in [-0.15, -0.1) is 5.10 Å². The van der Waals surface area contributed by atoms with Crippen molar-refractivity contribution in [3.05, 3.63) is 65.5 Å². The maximum Gasteiger partial charge on any atom is 0.266 e. The lowest BCUT2D eigenvalue weighted by molar-refractivity contribution is -0.126. The zero-order chi connectivity index (χ0) is 20.2. The number of aromatic nitrogens is 5. The van der Waals surface area contributed by atoms with Crippen molar-refractivity contribution in [2.75, 3.05) is 18.0 Å². The Morgan fingerprint density at radius 1 is 1.14 bits per heavy atom. The van der Waals surface area contributed by atoms with Gasteiger partial charge in [-0.25, -0.2) is 14.3 Å². The van der Waals surface area contributed by atoms with E-state index in [4.69, 9.17) is 0 Å². The van der Waals surface area contributed by atoms with Crippen molar-refractivity contribution in [1.82, 2.24) is 29.9 Å². The van der Waals surface area contributed by atoms with Gasteiger partial charge >= 0.3 is 0 Å². The van der Waals surface area contributed by atoms with Crippen molar-refractivity contribution >= 4 is 17.5 Å². The van der Waals surface area contributed by atoms with Crippen LogP contribution in [0.2, 0.25) is 0 Å². The number of hydrogen-bond donors (Lipinski definition) is 1. The molecule has 10 heteroatoms. The molecule has 1 unspecified atom stereocenters. The average Bonchev–Trinajstić information content (AvgIpc) is 3.40. The van der Waals surface area contributed by atoms with Crippen molar-refractivity contribution in [2.45, 2.75) is 13.0 Å². The first kappa shape index (κ1) is 18.5. The van der Waals surface area contributed by atoms with Crippen LogP contribution < -0.4 is 15.8 Å². The van der Waals surface area contributed by atoms with Gasteiger partial charge in [0.2, 0.25) is 11.8 Å². The molecule has 1 atom stereocenters. The summed E-state index contributed by atoms with van der Waals surface area (Å²) in [5.41, 5.74) is 0.503. The van der Waals surface area contributed by atoms with Crippen LogP contribution in [0.3, 0.4) is 0 Å². The summed E-state index contributed by atoms with van der Waals surface area (Å²) in [6.45, 7) is 0.771. The highest BCUT2D eigenvalue weighted by Gasteiger charge is 2.34. The SMILES string of the molecule is O=C(NCCn1nc(-n2cncn2)ccc1=O)C1CC(=O)N(c2ccccc2)C1. The standard InChI is InChI=1S/C19H19N7O3/c27-17-7-6-16(26-13-20-12-22-26)23-25(17)9-8-21-19(29)14-10-18(28)24(11-14)15-4-2-1-3-5-15/h1-7,12-14H,8-11H2,(H,21,29). The Hall–Kier alpha value is -3.82. The molecule has 3 heterocycles. The quantitative estimate of drug-likeness (QED) is 0.630. The van der Waals surface area contributed by atoms with Crippen molar-refractivity contribution in [3.8, 4) is 5.82 Å². The van der Waals surface area contributed by atoms with Gasteiger partial charge in [0.15, 0.2) is 5.82 Å². The summed E-state index contributed by atoms with van der Waals surface area (Å²) in [6, 6.07) is 12.2. The highest BCUT2D eigenvalue weighted by molar-refractivity contribution is 6.00. The molecule has 1 aliphatic rings. The maximum absolute atomic E-state index is 12.5. The van der Waals surface area contributed by atoms with Gasteiger partial charge < -0.3 is 10.2 Å². The Bertz CT molecular complexity index is 1060. The summed E-state index contributed by atoms with van der Waals surface area (Å²) in [4.78, 5) is 42.2. The van der Waals surface area contributed by atoms with Crippen LogP contribution in [-0.4, -0.2) is 49.4 Å². The average molecular weight is 393 g/mol. The van der Waals surface area contributed by atoms with E-state index in [1.165, 1.54) is 28.1 Å². The first-order valence-corrected chi connectivity index (χ1v) is 9.18. The van der Waals surface area contributed by atoms with Crippen LogP contribution >= 0.6 is 0 Å². The summed E-state index contributed by atoms with van der Waals surface area (Å²) in [7, 11) is 0. The molecule has 148 valence electrons. The van der Waals surface area contributed by atoms with E-state index in [1.807, 2.05) is 30.3 Å². The van der Waals surface area contributed by atoms with Gasteiger partial charge in [0.25, 0.3) is 5.56 Å². The Balaban J connectivity index is 1.34. The Morgan fingerprint density at radius 2 is 1.97 bits per heavy atom. The fraction of sp³-hybridized carbons (Fsp3) is 0.263. The molecule has 0 saturated carbocycles. The number of benzene rings is 1. The van der Waals surface area contributed by atoms with Gasteiger partial charge in [-0.3, -0.25) is 14.4 Å². The molecule has 0 aliphatic carbocycles. The molecular formula is C19H19N7O3. The lowest BCUT2D eigenvalue weighted by Crippen LogP contribution is -2.36. The second-order valence-electron chi connectivity index (χ2n) is 6.62. The second kappa shape index (κ2) is 8.05. The van der Waals surface area contributed by atoms with Crippen molar-refractivity contribution in [2.24, 2.45) is 5.92 Å². The molecule has 1 saturated heterocycles. The number of anilines is 1. The molecule has 4 rings (SSSR count). The van der Waals surface area contributed by atoms with Crippen LogP contribution in [0.1, 0.15) is 6.42 Å². The number of nitrogens with one attached hydrogen (secondary N) is 1. The van der Waals surface area contributed by atoms with Crippen LogP contribution in [0.15, 0.2) is 59.9 Å². The Morgan fingerprint density at radius 3 is 2.72 bits per heavy atom. The summed E-state index contributed by atoms with van der Waals surface area (Å²) in [5.74, 6) is -0.255. The molecule has 2 aromatic heterocycles. The second-order valence-corrected chi connectivity index (χ2v) is 6.62. The molecule has 0 spiro atoms. The molecule has 1 aromatic carbocycles. The minimum Gasteiger partial charge on any atom is -0.354 e. The predicted molar refractivity (Wildman–Crippen MR) is 103 cm³/mol. The molecule has 0 bridgehead atoms. The van der Waals surface area contributed by atoms with E-state index in [9.17, 15) is 14.4 Å². The minimum atomic E-state index is -0.422. The number of carbonyl (C=O) groups excluding carboxylic acids is 2. The number of amides is 2. The van der Waals surface area contributed by atoms with Crippen LogP contribution in [0, 0.1) is 5.92 Å². The number of hydrogen-bond acceptors (Lipinski definition) is 6. The fourth-order valence-electron chi connectivity index (χ4n) is 3.22. The van der Waals surface area contributed by atoms with E-state index < -0.39 is 5.92 Å². The van der Waals surface area contributed by atoms with Gasteiger partial charge in [0.05, 0.1) is 12.5 Å². The molecule has 3 aromatic rings. The molecule has 1 N–H and O–H groups in total. The van der Waals surface area contributed by atoms with E-state index in [0.717, 1.165) is 5.69 Å². The molecule has 2 amide bonds. The minimum absolute atomic E-state index is 0.0743. The van der Waals surface area contributed by atoms with E-state index in [0.29, 0.717) is 12.4 Å².